The van der Waals surface area contributed by atoms with Crippen LogP contribution in [0.15, 0.2) is 53.8 Å². The standard InChI is InChI=1S/C20H17F3N4O4S/c1-12-8-14(13-2-3-17(25-11-13)32(30,31)7-5-18(28)29)10-15(9-12)26-19-24-6-4-16(27-19)20(21,22)23/h2-4,6,8-11H,5,7H2,1H3,(H,28,29)(H,24,26,27). The zero-order chi connectivity index (χ0) is 23.5. The van der Waals surface area contributed by atoms with Gasteiger partial charge in [0.05, 0.1) is 12.2 Å². The van der Waals surface area contributed by atoms with Gasteiger partial charge in [-0.15, -0.1) is 0 Å². The summed E-state index contributed by atoms with van der Waals surface area (Å²) in [4.78, 5) is 21.8. The molecule has 3 rings (SSSR count). The number of carboxylic acid groups (broad SMARTS) is 1. The van der Waals surface area contributed by atoms with Crippen LogP contribution in [-0.2, 0) is 20.8 Å². The van der Waals surface area contributed by atoms with Gasteiger partial charge in [-0.1, -0.05) is 6.07 Å². The van der Waals surface area contributed by atoms with Crippen LogP contribution in [0.25, 0.3) is 11.1 Å². The molecule has 0 radical (unpaired) electrons. The van der Waals surface area contributed by atoms with Gasteiger partial charge in [0.15, 0.2) is 14.9 Å². The molecule has 0 saturated heterocycles. The third kappa shape index (κ3) is 5.78. The van der Waals surface area contributed by atoms with E-state index in [4.69, 9.17) is 5.11 Å². The largest absolute Gasteiger partial charge is 0.481 e. The fourth-order valence-corrected chi connectivity index (χ4v) is 3.93. The average Bonchev–Trinajstić information content (AvgIpc) is 2.72. The number of pyridine rings is 1. The number of aryl methyl sites for hydroxylation is 1. The van der Waals surface area contributed by atoms with Crippen molar-refractivity contribution < 1.29 is 31.5 Å². The zero-order valence-electron chi connectivity index (χ0n) is 16.6. The molecule has 32 heavy (non-hydrogen) atoms. The molecule has 2 N–H and O–H groups in total. The number of rotatable bonds is 7. The lowest BCUT2D eigenvalue weighted by Gasteiger charge is -2.11. The van der Waals surface area contributed by atoms with Gasteiger partial charge in [0.2, 0.25) is 5.95 Å². The summed E-state index contributed by atoms with van der Waals surface area (Å²) in [6, 6.07) is 8.66. The van der Waals surface area contributed by atoms with Crippen LogP contribution in [0.4, 0.5) is 24.8 Å². The smallest absolute Gasteiger partial charge is 0.433 e. The number of aromatic nitrogens is 3. The van der Waals surface area contributed by atoms with E-state index in [-0.39, 0.29) is 11.0 Å². The Labute approximate surface area is 181 Å². The maximum Gasteiger partial charge on any atom is 0.433 e. The van der Waals surface area contributed by atoms with Crippen molar-refractivity contribution in [3.05, 3.63) is 60.0 Å². The van der Waals surface area contributed by atoms with Crippen molar-refractivity contribution >= 4 is 27.4 Å². The summed E-state index contributed by atoms with van der Waals surface area (Å²) < 4.78 is 62.9. The van der Waals surface area contributed by atoms with E-state index in [1.807, 2.05) is 0 Å². The zero-order valence-corrected chi connectivity index (χ0v) is 17.4. The van der Waals surface area contributed by atoms with Gasteiger partial charge >= 0.3 is 12.1 Å². The number of sulfone groups is 1. The predicted molar refractivity (Wildman–Crippen MR) is 109 cm³/mol. The van der Waals surface area contributed by atoms with Gasteiger partial charge < -0.3 is 10.4 Å². The Hall–Kier alpha value is -3.54. The minimum atomic E-state index is -4.60. The van der Waals surface area contributed by atoms with E-state index in [0.717, 1.165) is 17.8 Å². The first kappa shape index (κ1) is 23.1. The number of nitrogens with zero attached hydrogens (tertiary/aromatic N) is 3. The lowest BCUT2D eigenvalue weighted by Crippen LogP contribution is -2.12. The summed E-state index contributed by atoms with van der Waals surface area (Å²) in [7, 11) is -3.84. The van der Waals surface area contributed by atoms with Crippen molar-refractivity contribution in [1.82, 2.24) is 15.0 Å². The summed E-state index contributed by atoms with van der Waals surface area (Å²) in [5.74, 6) is -2.02. The molecule has 0 saturated carbocycles. The van der Waals surface area contributed by atoms with Crippen LogP contribution in [0.5, 0.6) is 0 Å². The molecule has 12 heteroatoms. The second kappa shape index (κ2) is 8.91. The number of nitrogens with one attached hydrogen (secondary N) is 1. The molecule has 0 atom stereocenters. The van der Waals surface area contributed by atoms with Crippen molar-refractivity contribution in [2.75, 3.05) is 11.1 Å². The van der Waals surface area contributed by atoms with Gasteiger partial charge in [-0.2, -0.15) is 13.2 Å². The first-order valence-electron chi connectivity index (χ1n) is 9.14. The van der Waals surface area contributed by atoms with E-state index < -0.39 is 39.9 Å². The average molecular weight is 466 g/mol. The van der Waals surface area contributed by atoms with E-state index >= 15 is 0 Å². The minimum absolute atomic E-state index is 0.227. The van der Waals surface area contributed by atoms with Crippen LogP contribution in [0.3, 0.4) is 0 Å². The number of carboxylic acids is 1. The summed E-state index contributed by atoms with van der Waals surface area (Å²) >= 11 is 0. The van der Waals surface area contributed by atoms with Gasteiger partial charge in [-0.3, -0.25) is 4.79 Å². The number of halogens is 3. The Morgan fingerprint density at radius 3 is 2.47 bits per heavy atom. The fourth-order valence-electron chi connectivity index (χ4n) is 2.79. The van der Waals surface area contributed by atoms with Crippen molar-refractivity contribution in [3.8, 4) is 11.1 Å². The third-order valence-corrected chi connectivity index (χ3v) is 5.87. The van der Waals surface area contributed by atoms with Crippen molar-refractivity contribution in [2.24, 2.45) is 0 Å². The number of anilines is 2. The molecular formula is C20H17F3N4O4S. The monoisotopic (exact) mass is 466 g/mol. The SMILES string of the molecule is Cc1cc(Nc2nccc(C(F)(F)F)n2)cc(-c2ccc(S(=O)(=O)CCC(=O)O)nc2)c1. The van der Waals surface area contributed by atoms with E-state index in [9.17, 15) is 26.4 Å². The molecule has 0 unspecified atom stereocenters. The first-order valence-corrected chi connectivity index (χ1v) is 10.8. The van der Waals surface area contributed by atoms with E-state index in [2.05, 4.69) is 20.3 Å². The summed E-state index contributed by atoms with van der Waals surface area (Å²) in [6.07, 6.45) is -2.80. The van der Waals surface area contributed by atoms with Gasteiger partial charge in [0.25, 0.3) is 0 Å². The third-order valence-electron chi connectivity index (χ3n) is 4.25. The number of benzene rings is 1. The van der Waals surface area contributed by atoms with Crippen LogP contribution in [-0.4, -0.2) is 40.2 Å². The summed E-state index contributed by atoms with van der Waals surface area (Å²) in [6.45, 7) is 1.78. The second-order valence-electron chi connectivity index (χ2n) is 6.82. The Kier molecular flexibility index (Phi) is 6.44. The van der Waals surface area contributed by atoms with Crippen molar-refractivity contribution in [1.29, 1.82) is 0 Å². The maximum absolute atomic E-state index is 12.9. The number of hydrogen-bond donors (Lipinski definition) is 2. The number of alkyl halides is 3. The predicted octanol–water partition coefficient (Wildman–Crippen LogP) is 3.86. The van der Waals surface area contributed by atoms with Crippen LogP contribution < -0.4 is 5.32 Å². The Morgan fingerprint density at radius 2 is 1.84 bits per heavy atom. The van der Waals surface area contributed by atoms with Crippen LogP contribution >= 0.6 is 0 Å². The number of aliphatic carboxylic acids is 1. The van der Waals surface area contributed by atoms with E-state index in [0.29, 0.717) is 16.8 Å². The van der Waals surface area contributed by atoms with Gasteiger partial charge in [0, 0.05) is 23.6 Å². The van der Waals surface area contributed by atoms with Gasteiger partial charge in [-0.05, 0) is 48.4 Å². The lowest BCUT2D eigenvalue weighted by molar-refractivity contribution is -0.141. The normalized spacial score (nSPS) is 11.9. The molecule has 3 aromatic rings. The quantitative estimate of drug-likeness (QED) is 0.538. The highest BCUT2D eigenvalue weighted by Crippen LogP contribution is 2.29. The maximum atomic E-state index is 12.9. The molecule has 2 aromatic heterocycles. The topological polar surface area (TPSA) is 122 Å². The van der Waals surface area contributed by atoms with Crippen molar-refractivity contribution in [2.45, 2.75) is 24.5 Å². The molecule has 0 fully saturated rings. The Balaban J connectivity index is 1.85. The van der Waals surface area contributed by atoms with Gasteiger partial charge in [-0.25, -0.2) is 23.4 Å². The lowest BCUT2D eigenvalue weighted by atomic mass is 10.0. The number of carbonyl (C=O) groups is 1. The molecule has 8 nitrogen and oxygen atoms in total. The highest BCUT2D eigenvalue weighted by atomic mass is 32.2. The molecule has 0 spiro atoms. The van der Waals surface area contributed by atoms with Crippen LogP contribution in [0.2, 0.25) is 0 Å². The van der Waals surface area contributed by atoms with Crippen molar-refractivity contribution in [3.63, 3.8) is 0 Å². The van der Waals surface area contributed by atoms with Crippen LogP contribution in [0, 0.1) is 6.92 Å². The molecule has 168 valence electrons. The fraction of sp³-hybridized carbons (Fsp3) is 0.200. The van der Waals surface area contributed by atoms with E-state index in [1.54, 1.807) is 25.1 Å². The number of hydrogen-bond acceptors (Lipinski definition) is 7. The molecule has 0 aliphatic heterocycles. The summed E-state index contributed by atoms with van der Waals surface area (Å²) in [5, 5.41) is 11.2. The minimum Gasteiger partial charge on any atom is -0.481 e. The molecule has 0 amide bonds. The molecule has 0 bridgehead atoms. The van der Waals surface area contributed by atoms with Crippen LogP contribution in [0.1, 0.15) is 17.7 Å². The summed E-state index contributed by atoms with van der Waals surface area (Å²) in [5.41, 5.74) is 1.31. The highest BCUT2D eigenvalue weighted by molar-refractivity contribution is 7.91. The molecular weight excluding hydrogens is 449 g/mol. The highest BCUT2D eigenvalue weighted by Gasteiger charge is 2.32. The second-order valence-corrected chi connectivity index (χ2v) is 8.88. The van der Waals surface area contributed by atoms with E-state index in [1.165, 1.54) is 18.3 Å². The molecule has 0 aliphatic carbocycles. The molecule has 2 heterocycles. The molecule has 1 aromatic carbocycles. The Morgan fingerprint density at radius 1 is 1.09 bits per heavy atom. The first-order chi connectivity index (χ1) is 14.9. The van der Waals surface area contributed by atoms with Gasteiger partial charge in [0.1, 0.15) is 5.69 Å². The Bertz CT molecular complexity index is 1250. The molecule has 0 aliphatic rings.